The summed E-state index contributed by atoms with van der Waals surface area (Å²) < 4.78 is 31.6. The standard InChI is InChI=1S/C25H27ClN2O4S/c1-17-10-8-9-13-21(17)24(19-11-6-5-7-12-19)27-25(29)18(2)28(33(4,30)31)20-14-15-23(32-3)22(26)16-20/h5-16,18,24H,1-4H3,(H,27,29)/t18-,24-/m0/s1. The Kier molecular flexibility index (Phi) is 7.66. The summed E-state index contributed by atoms with van der Waals surface area (Å²) in [6, 6.07) is 20.5. The average Bonchev–Trinajstić information content (AvgIpc) is 2.78. The highest BCUT2D eigenvalue weighted by atomic mass is 35.5. The predicted molar refractivity (Wildman–Crippen MR) is 132 cm³/mol. The Balaban J connectivity index is 1.98. The number of hydrogen-bond acceptors (Lipinski definition) is 4. The number of aryl methyl sites for hydroxylation is 1. The largest absolute Gasteiger partial charge is 0.495 e. The number of methoxy groups -OCH3 is 1. The van der Waals surface area contributed by atoms with Gasteiger partial charge in [0, 0.05) is 0 Å². The Hall–Kier alpha value is -3.03. The van der Waals surface area contributed by atoms with Crippen molar-refractivity contribution >= 4 is 33.2 Å². The first-order chi connectivity index (χ1) is 15.6. The monoisotopic (exact) mass is 486 g/mol. The lowest BCUT2D eigenvalue weighted by Gasteiger charge is -2.30. The maximum Gasteiger partial charge on any atom is 0.244 e. The van der Waals surface area contributed by atoms with Crippen molar-refractivity contribution in [1.82, 2.24) is 5.32 Å². The summed E-state index contributed by atoms with van der Waals surface area (Å²) in [4.78, 5) is 13.4. The second-order valence-electron chi connectivity index (χ2n) is 7.76. The molecule has 0 saturated heterocycles. The summed E-state index contributed by atoms with van der Waals surface area (Å²) in [6.45, 7) is 3.53. The van der Waals surface area contributed by atoms with E-state index in [1.165, 1.54) is 13.2 Å². The van der Waals surface area contributed by atoms with Gasteiger partial charge in [0.15, 0.2) is 0 Å². The fourth-order valence-corrected chi connectivity index (χ4v) is 5.18. The molecule has 3 aromatic carbocycles. The van der Waals surface area contributed by atoms with Gasteiger partial charge in [-0.2, -0.15) is 0 Å². The number of sulfonamides is 1. The van der Waals surface area contributed by atoms with Crippen molar-refractivity contribution in [3.05, 3.63) is 94.5 Å². The van der Waals surface area contributed by atoms with Gasteiger partial charge in [-0.3, -0.25) is 9.10 Å². The smallest absolute Gasteiger partial charge is 0.244 e. The molecule has 0 radical (unpaired) electrons. The summed E-state index contributed by atoms with van der Waals surface area (Å²) in [5.74, 6) is -0.0286. The molecule has 3 aromatic rings. The van der Waals surface area contributed by atoms with Crippen LogP contribution in [0.1, 0.15) is 29.7 Å². The number of amides is 1. The van der Waals surface area contributed by atoms with Crippen molar-refractivity contribution < 1.29 is 17.9 Å². The zero-order valence-electron chi connectivity index (χ0n) is 18.9. The molecule has 0 spiro atoms. The normalized spacial score (nSPS) is 13.1. The van der Waals surface area contributed by atoms with Gasteiger partial charge in [0.25, 0.3) is 0 Å². The summed E-state index contributed by atoms with van der Waals surface area (Å²) in [5, 5.41) is 3.30. The van der Waals surface area contributed by atoms with Crippen LogP contribution in [0.2, 0.25) is 5.02 Å². The SMILES string of the molecule is COc1ccc(N([C@@H](C)C(=O)N[C@@H](c2ccccc2)c2ccccc2C)S(C)(=O)=O)cc1Cl. The Bertz CT molecular complexity index is 1230. The van der Waals surface area contributed by atoms with Crippen LogP contribution in [0, 0.1) is 6.92 Å². The zero-order chi connectivity index (χ0) is 24.2. The topological polar surface area (TPSA) is 75.7 Å². The van der Waals surface area contributed by atoms with Crippen molar-refractivity contribution in [2.24, 2.45) is 0 Å². The number of rotatable bonds is 8. The summed E-state index contributed by atoms with van der Waals surface area (Å²) in [6.07, 6.45) is 1.06. The van der Waals surface area contributed by atoms with Gasteiger partial charge in [-0.1, -0.05) is 66.2 Å². The fourth-order valence-electron chi connectivity index (χ4n) is 3.76. The third-order valence-electron chi connectivity index (χ3n) is 5.40. The van der Waals surface area contributed by atoms with Gasteiger partial charge < -0.3 is 10.1 Å². The second kappa shape index (κ2) is 10.3. The van der Waals surface area contributed by atoms with Crippen molar-refractivity contribution in [2.75, 3.05) is 17.7 Å². The van der Waals surface area contributed by atoms with Crippen LogP contribution in [0.25, 0.3) is 0 Å². The van der Waals surface area contributed by atoms with Gasteiger partial charge in [-0.25, -0.2) is 8.42 Å². The van der Waals surface area contributed by atoms with Crippen LogP contribution in [-0.2, 0) is 14.8 Å². The van der Waals surface area contributed by atoms with Crippen molar-refractivity contribution in [3.63, 3.8) is 0 Å². The Morgan fingerprint density at radius 2 is 1.67 bits per heavy atom. The Morgan fingerprint density at radius 3 is 2.24 bits per heavy atom. The zero-order valence-corrected chi connectivity index (χ0v) is 20.5. The number of carbonyl (C=O) groups is 1. The van der Waals surface area contributed by atoms with Gasteiger partial charge in [-0.15, -0.1) is 0 Å². The highest BCUT2D eigenvalue weighted by molar-refractivity contribution is 7.92. The van der Waals surface area contributed by atoms with Gasteiger partial charge >= 0.3 is 0 Å². The molecule has 0 bridgehead atoms. The van der Waals surface area contributed by atoms with Gasteiger partial charge in [-0.05, 0) is 48.7 Å². The number of anilines is 1. The number of nitrogens with zero attached hydrogens (tertiary/aromatic N) is 1. The molecule has 0 heterocycles. The van der Waals surface area contributed by atoms with E-state index < -0.39 is 28.0 Å². The van der Waals surface area contributed by atoms with E-state index in [1.807, 2.05) is 61.5 Å². The molecule has 0 aliphatic heterocycles. The quantitative estimate of drug-likeness (QED) is 0.500. The number of nitrogens with one attached hydrogen (secondary N) is 1. The van der Waals surface area contributed by atoms with Crippen LogP contribution < -0.4 is 14.4 Å². The van der Waals surface area contributed by atoms with E-state index in [0.29, 0.717) is 5.75 Å². The summed E-state index contributed by atoms with van der Waals surface area (Å²) in [5.41, 5.74) is 3.12. The van der Waals surface area contributed by atoms with E-state index in [-0.39, 0.29) is 10.7 Å². The van der Waals surface area contributed by atoms with Crippen LogP contribution in [-0.4, -0.2) is 33.7 Å². The van der Waals surface area contributed by atoms with Crippen LogP contribution in [0.3, 0.4) is 0 Å². The lowest BCUT2D eigenvalue weighted by molar-refractivity contribution is -0.122. The molecular formula is C25H27ClN2O4S. The molecule has 0 aromatic heterocycles. The number of ether oxygens (including phenoxy) is 1. The van der Waals surface area contributed by atoms with Crippen LogP contribution >= 0.6 is 11.6 Å². The molecule has 174 valence electrons. The molecule has 1 N–H and O–H groups in total. The highest BCUT2D eigenvalue weighted by Gasteiger charge is 2.31. The molecule has 0 aliphatic carbocycles. The van der Waals surface area contributed by atoms with E-state index in [1.54, 1.807) is 19.1 Å². The number of halogens is 1. The maximum absolute atomic E-state index is 13.4. The molecular weight excluding hydrogens is 460 g/mol. The second-order valence-corrected chi connectivity index (χ2v) is 10.0. The molecule has 0 aliphatic rings. The minimum absolute atomic E-state index is 0.248. The van der Waals surface area contributed by atoms with Crippen LogP contribution in [0.5, 0.6) is 5.75 Å². The Morgan fingerprint density at radius 1 is 1.03 bits per heavy atom. The third-order valence-corrected chi connectivity index (χ3v) is 6.93. The first-order valence-electron chi connectivity index (χ1n) is 10.4. The third kappa shape index (κ3) is 5.67. The van der Waals surface area contributed by atoms with Gasteiger partial charge in [0.2, 0.25) is 15.9 Å². The predicted octanol–water partition coefficient (Wildman–Crippen LogP) is 4.72. The molecule has 0 unspecified atom stereocenters. The van der Waals surface area contributed by atoms with Crippen molar-refractivity contribution in [2.45, 2.75) is 25.9 Å². The van der Waals surface area contributed by atoms with E-state index in [2.05, 4.69) is 5.32 Å². The minimum Gasteiger partial charge on any atom is -0.495 e. The molecule has 0 saturated carbocycles. The van der Waals surface area contributed by atoms with Gasteiger partial charge in [0.1, 0.15) is 11.8 Å². The lowest BCUT2D eigenvalue weighted by Crippen LogP contribution is -2.48. The van der Waals surface area contributed by atoms with E-state index in [0.717, 1.165) is 27.3 Å². The number of carbonyl (C=O) groups excluding carboxylic acids is 1. The summed E-state index contributed by atoms with van der Waals surface area (Å²) >= 11 is 6.22. The molecule has 0 fully saturated rings. The number of hydrogen-bond donors (Lipinski definition) is 1. The molecule has 6 nitrogen and oxygen atoms in total. The first kappa shape index (κ1) is 24.6. The van der Waals surface area contributed by atoms with Crippen molar-refractivity contribution in [1.29, 1.82) is 0 Å². The van der Waals surface area contributed by atoms with E-state index in [4.69, 9.17) is 16.3 Å². The highest BCUT2D eigenvalue weighted by Crippen LogP contribution is 2.32. The minimum atomic E-state index is -3.80. The van der Waals surface area contributed by atoms with Crippen LogP contribution in [0.4, 0.5) is 5.69 Å². The lowest BCUT2D eigenvalue weighted by atomic mass is 9.94. The molecule has 33 heavy (non-hydrogen) atoms. The molecule has 1 amide bonds. The first-order valence-corrected chi connectivity index (χ1v) is 12.6. The van der Waals surface area contributed by atoms with Crippen LogP contribution in [0.15, 0.2) is 72.8 Å². The fraction of sp³-hybridized carbons (Fsp3) is 0.240. The molecule has 3 rings (SSSR count). The molecule has 8 heteroatoms. The molecule has 2 atom stereocenters. The average molecular weight is 487 g/mol. The van der Waals surface area contributed by atoms with E-state index >= 15 is 0 Å². The van der Waals surface area contributed by atoms with Crippen molar-refractivity contribution in [3.8, 4) is 5.75 Å². The summed E-state index contributed by atoms with van der Waals surface area (Å²) in [7, 11) is -2.33. The van der Waals surface area contributed by atoms with E-state index in [9.17, 15) is 13.2 Å². The number of benzene rings is 3. The van der Waals surface area contributed by atoms with Gasteiger partial charge in [0.05, 0.1) is 30.1 Å². The Labute approximate surface area is 200 Å². The maximum atomic E-state index is 13.4.